The summed E-state index contributed by atoms with van der Waals surface area (Å²) in [6.07, 6.45) is -3.17. The number of aliphatic hydroxyl groups excluding tert-OH is 1. The Morgan fingerprint density at radius 1 is 1.04 bits per heavy atom. The predicted molar refractivity (Wildman–Crippen MR) is 163 cm³/mol. The third-order valence-electron chi connectivity index (χ3n) is 13.6. The number of rotatable bonds is 8. The smallest absolute Gasteiger partial charge is 0.338 e. The Morgan fingerprint density at radius 3 is 2.41 bits per heavy atom. The number of aliphatic hydroxyl groups is 2. The Labute approximate surface area is 270 Å². The minimum atomic E-state index is -1.57. The summed E-state index contributed by atoms with van der Waals surface area (Å²) < 4.78 is 45.9. The molecule has 2 aliphatic heterocycles. The molecule has 7 fully saturated rings. The van der Waals surface area contributed by atoms with Gasteiger partial charge in [0.2, 0.25) is 0 Å². The highest BCUT2D eigenvalue weighted by atomic mass is 16.8. The van der Waals surface area contributed by atoms with Crippen molar-refractivity contribution in [3.63, 3.8) is 0 Å². The Kier molecular flexibility index (Phi) is 6.99. The van der Waals surface area contributed by atoms with Crippen LogP contribution in [-0.4, -0.2) is 129 Å². The average molecular weight is 644 g/mol. The molecule has 7 bridgehead atoms. The van der Waals surface area contributed by atoms with Crippen molar-refractivity contribution in [3.05, 3.63) is 35.9 Å². The summed E-state index contributed by atoms with van der Waals surface area (Å²) in [6.45, 7) is 7.68. The maximum absolute atomic E-state index is 13.9. The van der Waals surface area contributed by atoms with Gasteiger partial charge in [-0.2, -0.15) is 0 Å². The molecule has 2 spiro atoms. The van der Waals surface area contributed by atoms with Gasteiger partial charge in [0.1, 0.15) is 29.5 Å². The highest BCUT2D eigenvalue weighted by Gasteiger charge is 2.93. The number of piperidine rings is 1. The highest BCUT2D eigenvalue weighted by Crippen LogP contribution is 2.82. The quantitative estimate of drug-likeness (QED) is 0.404. The molecule has 1 aromatic carbocycles. The number of nitrogens with zero attached hydrogens (tertiary/aromatic N) is 1. The van der Waals surface area contributed by atoms with Crippen molar-refractivity contribution in [1.82, 2.24) is 4.90 Å². The normalized spacial score (nSPS) is 52.4. The number of hydrogen-bond acceptors (Lipinski definition) is 11. The Balaban J connectivity index is 1.41. The van der Waals surface area contributed by atoms with Gasteiger partial charge in [-0.15, -0.1) is 0 Å². The van der Waals surface area contributed by atoms with Gasteiger partial charge in [-0.1, -0.05) is 25.1 Å². The van der Waals surface area contributed by atoms with Crippen LogP contribution in [0.2, 0.25) is 0 Å². The molecule has 254 valence electrons. The molecule has 2 heterocycles. The summed E-state index contributed by atoms with van der Waals surface area (Å²) in [6, 6.07) is 8.81. The van der Waals surface area contributed by atoms with Gasteiger partial charge in [-0.05, 0) is 44.9 Å². The van der Waals surface area contributed by atoms with Gasteiger partial charge in [0.25, 0.3) is 0 Å². The summed E-state index contributed by atoms with van der Waals surface area (Å²) in [5.74, 6) is -2.70. The Hall–Kier alpha value is -1.67. The van der Waals surface area contributed by atoms with Crippen molar-refractivity contribution in [3.8, 4) is 0 Å². The van der Waals surface area contributed by atoms with Crippen molar-refractivity contribution in [2.45, 2.75) is 93.3 Å². The van der Waals surface area contributed by atoms with Crippen molar-refractivity contribution in [2.75, 3.05) is 48.1 Å². The molecule has 8 rings (SSSR count). The number of likely N-dealkylation sites (tertiary alicyclic amines) is 1. The summed E-state index contributed by atoms with van der Waals surface area (Å²) in [4.78, 5) is 16.3. The number of benzene rings is 1. The summed E-state index contributed by atoms with van der Waals surface area (Å²) in [5, 5.41) is 25.1. The van der Waals surface area contributed by atoms with E-state index in [1.807, 2.05) is 19.9 Å². The lowest BCUT2D eigenvalue weighted by atomic mass is 9.42. The lowest BCUT2D eigenvalue weighted by Gasteiger charge is -2.70. The first-order valence-corrected chi connectivity index (χ1v) is 16.8. The van der Waals surface area contributed by atoms with E-state index in [-0.39, 0.29) is 36.0 Å². The minimum Gasteiger partial charge on any atom is -0.455 e. The van der Waals surface area contributed by atoms with Crippen LogP contribution in [0.4, 0.5) is 0 Å². The van der Waals surface area contributed by atoms with Gasteiger partial charge in [0.05, 0.1) is 30.5 Å². The molecule has 0 radical (unpaired) electrons. The summed E-state index contributed by atoms with van der Waals surface area (Å²) in [7, 11) is 6.75. The number of carbonyl (C=O) groups excluding carboxylic acids is 1. The fraction of sp³-hybridized carbons (Fsp3) is 0.800. The second kappa shape index (κ2) is 10.2. The lowest BCUT2D eigenvalue weighted by molar-refractivity contribution is -0.305. The molecule has 7 aliphatic rings. The van der Waals surface area contributed by atoms with Crippen LogP contribution >= 0.6 is 0 Å². The van der Waals surface area contributed by atoms with E-state index in [1.165, 1.54) is 0 Å². The number of methoxy groups -OCH3 is 4. The topological polar surface area (TPSA) is 125 Å². The highest BCUT2D eigenvalue weighted by molar-refractivity contribution is 5.89. The van der Waals surface area contributed by atoms with Crippen LogP contribution in [0.25, 0.3) is 0 Å². The minimum absolute atomic E-state index is 0.0837. The zero-order valence-electron chi connectivity index (χ0n) is 27.9. The number of carbonyl (C=O) groups is 1. The van der Waals surface area contributed by atoms with Gasteiger partial charge < -0.3 is 43.4 Å². The molecule has 0 amide bonds. The van der Waals surface area contributed by atoms with E-state index in [1.54, 1.807) is 52.7 Å². The van der Waals surface area contributed by atoms with Crippen LogP contribution in [0.15, 0.2) is 30.3 Å². The average Bonchev–Trinajstić information content (AvgIpc) is 3.54. The van der Waals surface area contributed by atoms with Crippen molar-refractivity contribution >= 4 is 5.97 Å². The predicted octanol–water partition coefficient (Wildman–Crippen LogP) is 1.88. The van der Waals surface area contributed by atoms with Crippen LogP contribution in [0.3, 0.4) is 0 Å². The molecule has 2 saturated heterocycles. The molecule has 0 unspecified atom stereocenters. The van der Waals surface area contributed by atoms with E-state index in [9.17, 15) is 15.0 Å². The van der Waals surface area contributed by atoms with Gasteiger partial charge in [-0.3, -0.25) is 4.90 Å². The first kappa shape index (κ1) is 31.6. The Bertz CT molecular complexity index is 1380. The van der Waals surface area contributed by atoms with E-state index in [0.717, 1.165) is 6.54 Å². The van der Waals surface area contributed by atoms with Gasteiger partial charge >= 0.3 is 5.97 Å². The molecule has 0 aromatic heterocycles. The van der Waals surface area contributed by atoms with Crippen molar-refractivity contribution in [1.29, 1.82) is 0 Å². The van der Waals surface area contributed by atoms with E-state index >= 15 is 0 Å². The number of hydrogen-bond donors (Lipinski definition) is 2. The number of ether oxygens (including phenoxy) is 7. The molecule has 5 aliphatic carbocycles. The zero-order valence-corrected chi connectivity index (χ0v) is 27.9. The summed E-state index contributed by atoms with van der Waals surface area (Å²) >= 11 is 0. The van der Waals surface area contributed by atoms with Gasteiger partial charge in [0.15, 0.2) is 5.79 Å². The van der Waals surface area contributed by atoms with E-state index in [0.29, 0.717) is 31.6 Å². The fourth-order valence-electron chi connectivity index (χ4n) is 12.9. The fourth-order valence-corrected chi connectivity index (χ4v) is 12.9. The number of fused-ring (bicyclic) bond motifs is 1. The molecule has 11 heteroatoms. The molecule has 1 aromatic rings. The molecular weight excluding hydrogens is 594 g/mol. The molecule has 46 heavy (non-hydrogen) atoms. The third kappa shape index (κ3) is 3.42. The second-order valence-electron chi connectivity index (χ2n) is 15.4. The molecule has 11 nitrogen and oxygen atoms in total. The van der Waals surface area contributed by atoms with Gasteiger partial charge in [-0.25, -0.2) is 4.79 Å². The van der Waals surface area contributed by atoms with Crippen LogP contribution < -0.4 is 0 Å². The maximum atomic E-state index is 13.9. The molecule has 5 saturated carbocycles. The standard InChI is InChI=1S/C35H49NO10/c1-8-36-16-32(17-40-4)20(37)14-21(41-5)34-19-15-33(39)27(44-30(38)18-12-10-9-11-13-18)22(19)35(23(26(34)36)24(42-6)25(32)34)29(28(33)43-7)45-31(2,3)46-35/h9-13,19-29,37,39H,8,14-17H2,1-7H3/t19-,20-,21+,22-,23+,24+,25-,26-,27-,28+,29+,32+,33-,34+,35-/m1/s1. The van der Waals surface area contributed by atoms with Crippen LogP contribution in [0.5, 0.6) is 0 Å². The first-order chi connectivity index (χ1) is 22.0. The number of esters is 1. The van der Waals surface area contributed by atoms with E-state index < -0.39 is 64.1 Å². The van der Waals surface area contributed by atoms with E-state index in [4.69, 9.17) is 33.2 Å². The van der Waals surface area contributed by atoms with Crippen LogP contribution in [-0.2, 0) is 33.2 Å². The van der Waals surface area contributed by atoms with Gasteiger partial charge in [0, 0.05) is 76.0 Å². The maximum Gasteiger partial charge on any atom is 0.338 e. The molecule has 2 N–H and O–H groups in total. The van der Waals surface area contributed by atoms with Crippen molar-refractivity contribution < 1.29 is 48.2 Å². The third-order valence-corrected chi connectivity index (χ3v) is 13.6. The summed E-state index contributed by atoms with van der Waals surface area (Å²) in [5.41, 5.74) is -3.46. The largest absolute Gasteiger partial charge is 0.455 e. The zero-order chi connectivity index (χ0) is 32.6. The van der Waals surface area contributed by atoms with Crippen LogP contribution in [0, 0.1) is 34.5 Å². The monoisotopic (exact) mass is 643 g/mol. The van der Waals surface area contributed by atoms with Crippen LogP contribution in [0.1, 0.15) is 44.0 Å². The molecule has 15 atom stereocenters. The second-order valence-corrected chi connectivity index (χ2v) is 15.4. The Morgan fingerprint density at radius 2 is 1.78 bits per heavy atom. The van der Waals surface area contributed by atoms with E-state index in [2.05, 4.69) is 11.8 Å². The molecular formula is C35H49NO10. The van der Waals surface area contributed by atoms with Crippen molar-refractivity contribution in [2.24, 2.45) is 34.5 Å². The lowest BCUT2D eigenvalue weighted by Crippen LogP contribution is -2.80. The first-order valence-electron chi connectivity index (χ1n) is 16.8. The SMILES string of the molecule is CCN1C[C@]2(COC)[C@H](O)C[C@H](OC)[C@@]34[C@@H]5C[C@@]6(O)[C@H](OC(=O)c7ccccc7)[C@@H]5[C@@]5(OC(C)(C)O[C@H]5[C@@H]6OC)[C@@H]([C@H](OC)[C@H]23)[C@@H]14.